The highest BCUT2D eigenvalue weighted by Crippen LogP contribution is 2.23. The average Bonchev–Trinajstić information content (AvgIpc) is 2.61. The fourth-order valence-corrected chi connectivity index (χ4v) is 3.37. The van der Waals surface area contributed by atoms with Crippen molar-refractivity contribution in [2.24, 2.45) is 5.92 Å². The molecule has 5 nitrogen and oxygen atoms in total. The summed E-state index contributed by atoms with van der Waals surface area (Å²) >= 11 is 0. The van der Waals surface area contributed by atoms with Gasteiger partial charge in [0.1, 0.15) is 0 Å². The highest BCUT2D eigenvalue weighted by molar-refractivity contribution is 5.78. The molecule has 0 saturated carbocycles. The maximum absolute atomic E-state index is 13.4. The number of carbonyl (C=O) groups excluding carboxylic acids is 1. The van der Waals surface area contributed by atoms with Gasteiger partial charge in [-0.3, -0.25) is 14.5 Å². The largest absolute Gasteiger partial charge is 0.481 e. The summed E-state index contributed by atoms with van der Waals surface area (Å²) in [5.41, 5.74) is 0.540. The number of benzene rings is 1. The number of carbonyl (C=O) groups is 2. The Balaban J connectivity index is 1.91. The van der Waals surface area contributed by atoms with Crippen molar-refractivity contribution in [3.05, 3.63) is 35.4 Å². The molecule has 7 heteroatoms. The van der Waals surface area contributed by atoms with Gasteiger partial charge in [0.15, 0.2) is 11.6 Å². The molecule has 1 aliphatic rings. The van der Waals surface area contributed by atoms with Gasteiger partial charge in [-0.2, -0.15) is 0 Å². The van der Waals surface area contributed by atoms with Crippen molar-refractivity contribution < 1.29 is 23.5 Å². The van der Waals surface area contributed by atoms with E-state index >= 15 is 0 Å². The van der Waals surface area contributed by atoms with Crippen LogP contribution < -0.4 is 0 Å². The molecule has 1 heterocycles. The van der Waals surface area contributed by atoms with Gasteiger partial charge in [-0.25, -0.2) is 8.78 Å². The van der Waals surface area contributed by atoms with Gasteiger partial charge in [0.2, 0.25) is 5.91 Å². The zero-order valence-corrected chi connectivity index (χ0v) is 15.3. The molecule has 0 bridgehead atoms. The van der Waals surface area contributed by atoms with Crippen LogP contribution in [0.25, 0.3) is 0 Å². The van der Waals surface area contributed by atoms with E-state index in [2.05, 4.69) is 0 Å². The highest BCUT2D eigenvalue weighted by Gasteiger charge is 2.25. The standard InChI is InChI=1S/C19H26F2N2O3/c1-13(15-6-7-16(20)17(21)10-15)22(2)18(24)12-23-9-3-4-14(11-23)5-8-19(25)26/h6-7,10,13-14H,3-5,8-9,11-12H2,1-2H3,(H,25,26). The van der Waals surface area contributed by atoms with E-state index in [-0.39, 0.29) is 24.9 Å². The molecule has 26 heavy (non-hydrogen) atoms. The van der Waals surface area contributed by atoms with Crippen LogP contribution >= 0.6 is 0 Å². The van der Waals surface area contributed by atoms with E-state index in [9.17, 15) is 18.4 Å². The first-order chi connectivity index (χ1) is 12.3. The third kappa shape index (κ3) is 5.49. The van der Waals surface area contributed by atoms with Gasteiger partial charge in [-0.05, 0) is 56.3 Å². The van der Waals surface area contributed by atoms with Crippen molar-refractivity contribution in [2.45, 2.75) is 38.6 Å². The molecule has 0 radical (unpaired) electrons. The average molecular weight is 368 g/mol. The first-order valence-electron chi connectivity index (χ1n) is 8.92. The summed E-state index contributed by atoms with van der Waals surface area (Å²) < 4.78 is 26.5. The fourth-order valence-electron chi connectivity index (χ4n) is 3.37. The van der Waals surface area contributed by atoms with Gasteiger partial charge in [-0.15, -0.1) is 0 Å². The third-order valence-electron chi connectivity index (χ3n) is 5.13. The minimum atomic E-state index is -0.924. The Kier molecular flexibility index (Phi) is 7.08. The van der Waals surface area contributed by atoms with Gasteiger partial charge in [0.25, 0.3) is 0 Å². The zero-order valence-electron chi connectivity index (χ0n) is 15.3. The van der Waals surface area contributed by atoms with Crippen LogP contribution in [-0.4, -0.2) is 53.5 Å². The molecule has 0 aromatic heterocycles. The molecule has 1 saturated heterocycles. The molecular formula is C19H26F2N2O3. The molecule has 144 valence electrons. The first-order valence-corrected chi connectivity index (χ1v) is 8.92. The predicted molar refractivity (Wildman–Crippen MR) is 93.6 cm³/mol. The SMILES string of the molecule is CC(c1ccc(F)c(F)c1)N(C)C(=O)CN1CCCC(CCC(=O)O)C1. The van der Waals surface area contributed by atoms with E-state index in [1.54, 1.807) is 14.0 Å². The molecule has 1 aromatic carbocycles. The Bertz CT molecular complexity index is 654. The summed E-state index contributed by atoms with van der Waals surface area (Å²) in [4.78, 5) is 26.9. The van der Waals surface area contributed by atoms with E-state index in [1.165, 1.54) is 11.0 Å². The Hall–Kier alpha value is -2.02. The number of hydrogen-bond donors (Lipinski definition) is 1. The Morgan fingerprint density at radius 3 is 2.73 bits per heavy atom. The van der Waals surface area contributed by atoms with Crippen molar-refractivity contribution in [3.63, 3.8) is 0 Å². The number of halogens is 2. The summed E-state index contributed by atoms with van der Waals surface area (Å²) in [7, 11) is 1.65. The maximum atomic E-state index is 13.4. The number of piperidine rings is 1. The third-order valence-corrected chi connectivity index (χ3v) is 5.13. The second-order valence-electron chi connectivity index (χ2n) is 7.03. The molecule has 0 aliphatic carbocycles. The topological polar surface area (TPSA) is 60.9 Å². The normalized spacial score (nSPS) is 19.2. The van der Waals surface area contributed by atoms with Crippen molar-refractivity contribution in [2.75, 3.05) is 26.7 Å². The summed E-state index contributed by atoms with van der Waals surface area (Å²) in [6.07, 6.45) is 2.71. The number of nitrogens with zero attached hydrogens (tertiary/aromatic N) is 2. The lowest BCUT2D eigenvalue weighted by atomic mass is 9.93. The van der Waals surface area contributed by atoms with Gasteiger partial charge in [0, 0.05) is 20.0 Å². The van der Waals surface area contributed by atoms with Crippen molar-refractivity contribution >= 4 is 11.9 Å². The number of rotatable bonds is 7. The monoisotopic (exact) mass is 368 g/mol. The van der Waals surface area contributed by atoms with Gasteiger partial charge < -0.3 is 10.0 Å². The van der Waals surface area contributed by atoms with Crippen LogP contribution in [0.1, 0.15) is 44.2 Å². The number of hydrogen-bond acceptors (Lipinski definition) is 3. The van der Waals surface area contributed by atoms with Crippen LogP contribution in [0.5, 0.6) is 0 Å². The van der Waals surface area contributed by atoms with E-state index < -0.39 is 17.6 Å². The van der Waals surface area contributed by atoms with Gasteiger partial charge >= 0.3 is 5.97 Å². The van der Waals surface area contributed by atoms with E-state index in [1.807, 2.05) is 4.90 Å². The fraction of sp³-hybridized carbons (Fsp3) is 0.579. The zero-order chi connectivity index (χ0) is 19.3. The van der Waals surface area contributed by atoms with Crippen LogP contribution in [0, 0.1) is 17.6 Å². The molecule has 1 aliphatic heterocycles. The minimum Gasteiger partial charge on any atom is -0.481 e. The molecule has 1 aromatic rings. The lowest BCUT2D eigenvalue weighted by Crippen LogP contribution is -2.43. The summed E-state index contributed by atoms with van der Waals surface area (Å²) in [5.74, 6) is -2.43. The van der Waals surface area contributed by atoms with Crippen LogP contribution in [-0.2, 0) is 9.59 Å². The first kappa shape index (κ1) is 20.3. The van der Waals surface area contributed by atoms with Gasteiger partial charge in [0.05, 0.1) is 12.6 Å². The number of aliphatic carboxylic acids is 1. The summed E-state index contributed by atoms with van der Waals surface area (Å²) in [6, 6.07) is 3.30. The van der Waals surface area contributed by atoms with E-state index in [0.717, 1.165) is 31.5 Å². The smallest absolute Gasteiger partial charge is 0.303 e. The Labute approximate surface area is 152 Å². The molecule has 1 amide bonds. The van der Waals surface area contributed by atoms with Crippen LogP contribution in [0.4, 0.5) is 8.78 Å². The molecule has 2 atom stereocenters. The van der Waals surface area contributed by atoms with E-state index in [4.69, 9.17) is 5.11 Å². The molecule has 1 N–H and O–H groups in total. The number of carboxylic acid groups (broad SMARTS) is 1. The molecule has 2 unspecified atom stereocenters. The lowest BCUT2D eigenvalue weighted by molar-refractivity contribution is -0.138. The second kappa shape index (κ2) is 9.07. The van der Waals surface area contributed by atoms with Crippen molar-refractivity contribution in [1.29, 1.82) is 0 Å². The van der Waals surface area contributed by atoms with Crippen LogP contribution in [0.15, 0.2) is 18.2 Å². The van der Waals surface area contributed by atoms with E-state index in [0.29, 0.717) is 24.4 Å². The second-order valence-corrected chi connectivity index (χ2v) is 7.03. The summed E-state index contributed by atoms with van der Waals surface area (Å²) in [5, 5.41) is 8.81. The molecule has 0 spiro atoms. The van der Waals surface area contributed by atoms with Crippen LogP contribution in [0.2, 0.25) is 0 Å². The number of likely N-dealkylation sites (tertiary alicyclic amines) is 1. The Morgan fingerprint density at radius 1 is 1.35 bits per heavy atom. The summed E-state index contributed by atoms with van der Waals surface area (Å²) in [6.45, 7) is 3.54. The van der Waals surface area contributed by atoms with Gasteiger partial charge in [-0.1, -0.05) is 6.07 Å². The van der Waals surface area contributed by atoms with Crippen molar-refractivity contribution in [1.82, 2.24) is 9.80 Å². The van der Waals surface area contributed by atoms with Crippen LogP contribution in [0.3, 0.4) is 0 Å². The predicted octanol–water partition coefficient (Wildman–Crippen LogP) is 3.06. The number of likely N-dealkylation sites (N-methyl/N-ethyl adjacent to an activating group) is 1. The number of carboxylic acids is 1. The van der Waals surface area contributed by atoms with Crippen molar-refractivity contribution in [3.8, 4) is 0 Å². The lowest BCUT2D eigenvalue weighted by Gasteiger charge is -2.34. The Morgan fingerprint density at radius 2 is 2.08 bits per heavy atom. The maximum Gasteiger partial charge on any atom is 0.303 e. The minimum absolute atomic E-state index is 0.0962. The highest BCUT2D eigenvalue weighted by atomic mass is 19.2. The number of amides is 1. The quantitative estimate of drug-likeness (QED) is 0.804. The molecular weight excluding hydrogens is 342 g/mol. The molecule has 2 rings (SSSR count). The molecule has 1 fully saturated rings.